The number of aliphatic carboxylic acids is 1. The molecule has 0 aliphatic carbocycles. The van der Waals surface area contributed by atoms with Crippen LogP contribution in [0.5, 0.6) is 0 Å². The summed E-state index contributed by atoms with van der Waals surface area (Å²) in [6, 6.07) is 5.96. The molecule has 0 saturated carbocycles. The second-order valence-corrected chi connectivity index (χ2v) is 9.51. The summed E-state index contributed by atoms with van der Waals surface area (Å²) in [5.74, 6) is -1.49. The van der Waals surface area contributed by atoms with Crippen LogP contribution in [0.25, 0.3) is 0 Å². The average molecular weight is 456 g/mol. The lowest BCUT2D eigenvalue weighted by Gasteiger charge is -2.34. The molecule has 11 heteroatoms. The minimum Gasteiger partial charge on any atom is -0.480 e. The van der Waals surface area contributed by atoms with Gasteiger partial charge in [-0.15, -0.1) is 0 Å². The largest absolute Gasteiger partial charge is 0.480 e. The number of hydrogen-bond donors (Lipinski definition) is 4. The van der Waals surface area contributed by atoms with Crippen LogP contribution < -0.4 is 5.73 Å². The van der Waals surface area contributed by atoms with Crippen molar-refractivity contribution in [2.45, 2.75) is 80.8 Å². The zero-order chi connectivity index (χ0) is 23.6. The number of nitrogens with zero attached hydrogens (tertiary/aromatic N) is 1. The minimum atomic E-state index is -1.61. The topological polar surface area (TPSA) is 164 Å². The van der Waals surface area contributed by atoms with Crippen molar-refractivity contribution in [3.05, 3.63) is 34.4 Å². The highest BCUT2D eigenvalue weighted by molar-refractivity contribution is 7.85. The molecular weight excluding hydrogens is 423 g/mol. The van der Waals surface area contributed by atoms with Crippen molar-refractivity contribution in [3.63, 3.8) is 0 Å². The summed E-state index contributed by atoms with van der Waals surface area (Å²) in [6.45, 7) is 3.71. The number of hydrogen-bond acceptors (Lipinski definition) is 7. The second kappa shape index (κ2) is 12.9. The van der Waals surface area contributed by atoms with Gasteiger partial charge >= 0.3 is 13.1 Å². The lowest BCUT2D eigenvalue weighted by Crippen LogP contribution is -2.54. The number of nitro benzene ring substituents is 1. The number of carboxylic acid groups (broad SMARTS) is 1. The van der Waals surface area contributed by atoms with E-state index in [0.29, 0.717) is 38.5 Å². The number of rotatable bonds is 15. The third-order valence-electron chi connectivity index (χ3n) is 5.80. The lowest BCUT2D eigenvalue weighted by molar-refractivity contribution is -0.387. The molecule has 0 radical (unpaired) electrons. The van der Waals surface area contributed by atoms with E-state index in [9.17, 15) is 24.2 Å². The predicted octanol–water partition coefficient (Wildman–Crippen LogP) is 2.71. The van der Waals surface area contributed by atoms with Crippen LogP contribution in [0.1, 0.15) is 58.8 Å². The number of para-hydroxylation sites is 1. The Bertz CT molecular complexity index is 765. The first-order valence-corrected chi connectivity index (χ1v) is 11.8. The molecule has 0 saturated heterocycles. The van der Waals surface area contributed by atoms with Crippen LogP contribution in [-0.2, 0) is 15.6 Å². The zero-order valence-corrected chi connectivity index (χ0v) is 18.9. The van der Waals surface area contributed by atoms with Crippen LogP contribution in [0, 0.1) is 16.0 Å². The van der Waals surface area contributed by atoms with Crippen molar-refractivity contribution >= 4 is 29.6 Å². The lowest BCUT2D eigenvalue weighted by atomic mass is 9.75. The fraction of sp³-hybridized carbons (Fsp3) is 0.650. The second-order valence-electron chi connectivity index (χ2n) is 7.81. The van der Waals surface area contributed by atoms with Gasteiger partial charge in [0, 0.05) is 11.3 Å². The summed E-state index contributed by atoms with van der Waals surface area (Å²) in [4.78, 5) is 22.9. The van der Waals surface area contributed by atoms with Crippen molar-refractivity contribution in [2.75, 3.05) is 0 Å². The first-order chi connectivity index (χ1) is 14.6. The quantitative estimate of drug-likeness (QED) is 0.135. The summed E-state index contributed by atoms with van der Waals surface area (Å²) in [5.41, 5.74) is 4.64. The standard InChI is InChI=1S/C20H33BN2O7S/c1-3-15(20(22,19(24)25)13-7-8-14-21(26)27)11-12-16(4-2)31(30)18-10-6-5-9-17(18)23(28)29/h5-6,9-10,15-16,26-27H,3-4,7-8,11-14,22H2,1-2H3,(H,24,25). The Kier molecular flexibility index (Phi) is 11.3. The maximum Gasteiger partial charge on any atom is 0.451 e. The molecule has 0 fully saturated rings. The van der Waals surface area contributed by atoms with Crippen LogP contribution in [0.2, 0.25) is 6.32 Å². The highest BCUT2D eigenvalue weighted by Gasteiger charge is 2.41. The van der Waals surface area contributed by atoms with E-state index in [0.717, 1.165) is 0 Å². The number of nitrogens with two attached hydrogens (primary N) is 1. The summed E-state index contributed by atoms with van der Waals surface area (Å²) in [6.07, 6.45) is 3.11. The average Bonchev–Trinajstić information content (AvgIpc) is 2.73. The molecule has 0 aliphatic rings. The highest BCUT2D eigenvalue weighted by atomic mass is 32.2. The predicted molar refractivity (Wildman–Crippen MR) is 120 cm³/mol. The smallest absolute Gasteiger partial charge is 0.451 e. The molecule has 31 heavy (non-hydrogen) atoms. The monoisotopic (exact) mass is 456 g/mol. The van der Waals surface area contributed by atoms with Gasteiger partial charge in [-0.05, 0) is 44.0 Å². The summed E-state index contributed by atoms with van der Waals surface area (Å²) >= 11 is 0. The fourth-order valence-corrected chi connectivity index (χ4v) is 5.44. The van der Waals surface area contributed by atoms with E-state index in [1.54, 1.807) is 6.07 Å². The molecule has 1 aromatic rings. The molecular formula is C20H33BN2O7S. The van der Waals surface area contributed by atoms with Crippen molar-refractivity contribution in [1.82, 2.24) is 0 Å². The van der Waals surface area contributed by atoms with Crippen LogP contribution in [0.3, 0.4) is 0 Å². The van der Waals surface area contributed by atoms with Gasteiger partial charge < -0.3 is 20.9 Å². The maximum atomic E-state index is 13.1. The molecule has 9 nitrogen and oxygen atoms in total. The molecule has 0 spiro atoms. The first-order valence-electron chi connectivity index (χ1n) is 10.6. The Balaban J connectivity index is 2.92. The van der Waals surface area contributed by atoms with Gasteiger partial charge in [-0.2, -0.15) is 0 Å². The molecule has 0 aliphatic heterocycles. The number of carboxylic acids is 1. The van der Waals surface area contributed by atoms with E-state index in [4.69, 9.17) is 15.8 Å². The van der Waals surface area contributed by atoms with Crippen molar-refractivity contribution in [1.29, 1.82) is 0 Å². The van der Waals surface area contributed by atoms with Crippen LogP contribution >= 0.6 is 0 Å². The summed E-state index contributed by atoms with van der Waals surface area (Å²) in [5, 5.41) is 38.6. The number of unbranched alkanes of at least 4 members (excludes halogenated alkanes) is 1. The SMILES string of the molecule is CCC(CCC(CC)C(N)(CCCCB(O)O)C(=O)O)S(=O)c1ccccc1[N+](=O)[O-]. The molecule has 5 N–H and O–H groups in total. The Hall–Kier alpha value is -1.82. The summed E-state index contributed by atoms with van der Waals surface area (Å²) in [7, 11) is -3.04. The fourth-order valence-electron chi connectivity index (χ4n) is 3.86. The van der Waals surface area contributed by atoms with Crippen LogP contribution in [0.4, 0.5) is 5.69 Å². The van der Waals surface area contributed by atoms with E-state index in [1.165, 1.54) is 18.2 Å². The first kappa shape index (κ1) is 27.2. The maximum absolute atomic E-state index is 13.1. The van der Waals surface area contributed by atoms with E-state index in [2.05, 4.69) is 0 Å². The molecule has 4 unspecified atom stereocenters. The number of nitro groups is 1. The van der Waals surface area contributed by atoms with E-state index >= 15 is 0 Å². The number of carbonyl (C=O) groups is 1. The molecule has 1 aromatic carbocycles. The molecule has 0 amide bonds. The van der Waals surface area contributed by atoms with Crippen molar-refractivity contribution in [3.8, 4) is 0 Å². The van der Waals surface area contributed by atoms with Crippen molar-refractivity contribution < 1.29 is 29.1 Å². The van der Waals surface area contributed by atoms with Gasteiger partial charge in [0.1, 0.15) is 10.4 Å². The summed E-state index contributed by atoms with van der Waals surface area (Å²) < 4.78 is 13.1. The zero-order valence-electron chi connectivity index (χ0n) is 18.1. The minimum absolute atomic E-state index is 0.152. The van der Waals surface area contributed by atoms with Crippen molar-refractivity contribution in [2.24, 2.45) is 11.7 Å². The molecule has 4 atom stereocenters. The molecule has 0 bridgehead atoms. The highest BCUT2D eigenvalue weighted by Crippen LogP contribution is 2.32. The van der Waals surface area contributed by atoms with Crippen LogP contribution in [-0.4, -0.2) is 48.2 Å². The van der Waals surface area contributed by atoms with E-state index < -0.39 is 34.3 Å². The Morgan fingerprint density at radius 1 is 1.23 bits per heavy atom. The van der Waals surface area contributed by atoms with Gasteiger partial charge in [0.2, 0.25) is 0 Å². The number of benzene rings is 1. The molecule has 174 valence electrons. The third kappa shape index (κ3) is 7.67. The van der Waals surface area contributed by atoms with Gasteiger partial charge in [-0.25, -0.2) is 0 Å². The van der Waals surface area contributed by atoms with E-state index in [1.807, 2.05) is 13.8 Å². The third-order valence-corrected chi connectivity index (χ3v) is 7.75. The van der Waals surface area contributed by atoms with Gasteiger partial charge in [-0.1, -0.05) is 45.2 Å². The Labute approximate surface area is 185 Å². The van der Waals surface area contributed by atoms with Gasteiger partial charge in [0.15, 0.2) is 0 Å². The Morgan fingerprint density at radius 3 is 2.39 bits per heavy atom. The Morgan fingerprint density at radius 2 is 1.87 bits per heavy atom. The molecule has 0 heterocycles. The van der Waals surface area contributed by atoms with Gasteiger partial charge in [0.05, 0.1) is 15.7 Å². The van der Waals surface area contributed by atoms with Gasteiger partial charge in [0.25, 0.3) is 5.69 Å². The van der Waals surface area contributed by atoms with E-state index in [-0.39, 0.29) is 34.5 Å². The van der Waals surface area contributed by atoms with Crippen LogP contribution in [0.15, 0.2) is 29.2 Å². The molecule has 0 aromatic heterocycles. The molecule has 1 rings (SSSR count). The normalized spacial score (nSPS) is 16.2. The van der Waals surface area contributed by atoms with Gasteiger partial charge in [-0.3, -0.25) is 19.1 Å².